The van der Waals surface area contributed by atoms with Crippen LogP contribution in [0.1, 0.15) is 104 Å². The first-order chi connectivity index (χ1) is 17.5. The molecule has 4 saturated carbocycles. The van der Waals surface area contributed by atoms with Gasteiger partial charge >= 0.3 is 17.9 Å². The summed E-state index contributed by atoms with van der Waals surface area (Å²) in [5.41, 5.74) is 6.64. The SMILES string of the molecule is C[C@H](CCC(=O)O)C1CC[C@H]2[C@@H]3CC[C@@H]4C[C@@H](OC(=O)C(N)CCC(=O)OI)CC[C@]4(C)[C@H]3CC[C@]12C. The normalized spacial score (nSPS) is 40.5. The monoisotopic (exact) mass is 631 g/mol. The molecule has 0 aromatic rings. The Bertz CT molecular complexity index is 867. The lowest BCUT2D eigenvalue weighted by molar-refractivity contribution is -0.164. The Kier molecular flexibility index (Phi) is 9.19. The van der Waals surface area contributed by atoms with Crippen LogP contribution in [0, 0.1) is 46.3 Å². The van der Waals surface area contributed by atoms with Gasteiger partial charge in [0.05, 0.1) is 0 Å². The van der Waals surface area contributed by atoms with E-state index in [0.29, 0.717) is 28.6 Å². The van der Waals surface area contributed by atoms with Gasteiger partial charge in [0.2, 0.25) is 0 Å². The molecule has 0 heterocycles. The van der Waals surface area contributed by atoms with Crippen LogP contribution in [-0.2, 0) is 22.2 Å². The molecule has 0 aliphatic heterocycles. The van der Waals surface area contributed by atoms with E-state index in [2.05, 4.69) is 23.8 Å². The molecule has 2 unspecified atom stereocenters. The largest absolute Gasteiger partial charge is 0.481 e. The third-order valence-corrected chi connectivity index (χ3v) is 12.0. The second-order valence-corrected chi connectivity index (χ2v) is 13.7. The molecule has 0 amide bonds. The minimum absolute atomic E-state index is 0.0792. The highest BCUT2D eigenvalue weighted by atomic mass is 127. The van der Waals surface area contributed by atoms with E-state index in [1.807, 2.05) is 0 Å². The van der Waals surface area contributed by atoms with Gasteiger partial charge in [-0.15, -0.1) is 0 Å². The van der Waals surface area contributed by atoms with Crippen molar-refractivity contribution in [1.82, 2.24) is 0 Å². The second-order valence-electron chi connectivity index (χ2n) is 13.2. The zero-order valence-electron chi connectivity index (χ0n) is 22.8. The number of ether oxygens (including phenoxy) is 1. The zero-order chi connectivity index (χ0) is 27.0. The predicted molar refractivity (Wildman–Crippen MR) is 148 cm³/mol. The van der Waals surface area contributed by atoms with Gasteiger partial charge in [-0.25, -0.2) is 0 Å². The van der Waals surface area contributed by atoms with Gasteiger partial charge in [0.15, 0.2) is 23.0 Å². The smallest absolute Gasteiger partial charge is 0.323 e. The zero-order valence-corrected chi connectivity index (χ0v) is 24.9. The van der Waals surface area contributed by atoms with E-state index in [1.165, 1.54) is 38.5 Å². The number of carboxylic acids is 1. The molecule has 210 valence electrons. The van der Waals surface area contributed by atoms with E-state index < -0.39 is 18.0 Å². The highest BCUT2D eigenvalue weighted by Gasteiger charge is 2.60. The van der Waals surface area contributed by atoms with Gasteiger partial charge in [-0.05, 0) is 117 Å². The summed E-state index contributed by atoms with van der Waals surface area (Å²) in [6.07, 6.45) is 11.8. The number of nitrogens with two attached hydrogens (primary N) is 1. The number of hydrogen-bond acceptors (Lipinski definition) is 6. The number of aliphatic carboxylic acids is 1. The molecule has 0 bridgehead atoms. The van der Waals surface area contributed by atoms with Crippen molar-refractivity contribution < 1.29 is 27.3 Å². The van der Waals surface area contributed by atoms with Gasteiger partial charge in [0.1, 0.15) is 12.1 Å². The van der Waals surface area contributed by atoms with Crippen molar-refractivity contribution in [3.63, 3.8) is 0 Å². The van der Waals surface area contributed by atoms with Crippen molar-refractivity contribution in [3.8, 4) is 0 Å². The Hall–Kier alpha value is -0.900. The highest BCUT2D eigenvalue weighted by Crippen LogP contribution is 2.68. The first kappa shape index (κ1) is 29.1. The summed E-state index contributed by atoms with van der Waals surface area (Å²) < 4.78 is 10.5. The van der Waals surface area contributed by atoms with Crippen LogP contribution in [0.25, 0.3) is 0 Å². The maximum atomic E-state index is 12.6. The number of carbonyl (C=O) groups excluding carboxylic acids is 2. The molecule has 4 rings (SSSR count). The quantitative estimate of drug-likeness (QED) is 0.235. The average Bonchev–Trinajstić information content (AvgIpc) is 3.23. The molecule has 0 aromatic carbocycles. The fraction of sp³-hybridized carbons (Fsp3) is 0.897. The van der Waals surface area contributed by atoms with Crippen LogP contribution < -0.4 is 5.73 Å². The van der Waals surface area contributed by atoms with Gasteiger partial charge in [-0.2, -0.15) is 0 Å². The fourth-order valence-corrected chi connectivity index (χ4v) is 9.76. The molecule has 0 saturated heterocycles. The Balaban J connectivity index is 1.36. The summed E-state index contributed by atoms with van der Waals surface area (Å²) in [6, 6.07) is -0.788. The summed E-state index contributed by atoms with van der Waals surface area (Å²) in [6.45, 7) is 7.32. The van der Waals surface area contributed by atoms with Crippen LogP contribution in [0.2, 0.25) is 0 Å². The van der Waals surface area contributed by atoms with Crippen LogP contribution in [0.4, 0.5) is 0 Å². The molecule has 4 aliphatic carbocycles. The summed E-state index contributed by atoms with van der Waals surface area (Å²) in [4.78, 5) is 35.1. The third-order valence-electron chi connectivity index (χ3n) is 11.5. The first-order valence-electron chi connectivity index (χ1n) is 14.5. The Morgan fingerprint density at radius 3 is 2.38 bits per heavy atom. The number of carboxylic acid groups (broad SMARTS) is 1. The highest BCUT2D eigenvalue weighted by molar-refractivity contribution is 14.1. The molecule has 0 spiro atoms. The van der Waals surface area contributed by atoms with Crippen LogP contribution in [0.5, 0.6) is 0 Å². The second kappa shape index (κ2) is 11.7. The van der Waals surface area contributed by atoms with Crippen molar-refractivity contribution in [2.75, 3.05) is 0 Å². The minimum Gasteiger partial charge on any atom is -0.481 e. The fourth-order valence-electron chi connectivity index (χ4n) is 9.53. The lowest BCUT2D eigenvalue weighted by atomic mass is 9.44. The number of esters is 1. The van der Waals surface area contributed by atoms with Gasteiger partial charge in [0.25, 0.3) is 0 Å². The van der Waals surface area contributed by atoms with Crippen molar-refractivity contribution in [3.05, 3.63) is 0 Å². The predicted octanol–water partition coefficient (Wildman–Crippen LogP) is 6.06. The molecule has 10 atom stereocenters. The maximum absolute atomic E-state index is 12.6. The van der Waals surface area contributed by atoms with Crippen LogP contribution >= 0.6 is 23.0 Å². The number of rotatable bonds is 9. The average molecular weight is 632 g/mol. The molecular weight excluding hydrogens is 585 g/mol. The van der Waals surface area contributed by atoms with Gasteiger partial charge in [-0.1, -0.05) is 20.8 Å². The van der Waals surface area contributed by atoms with Gasteiger partial charge < -0.3 is 18.6 Å². The van der Waals surface area contributed by atoms with E-state index in [9.17, 15) is 19.5 Å². The van der Waals surface area contributed by atoms with E-state index in [0.717, 1.165) is 43.4 Å². The summed E-state index contributed by atoms with van der Waals surface area (Å²) >= 11 is 1.55. The molecule has 0 aromatic heterocycles. The van der Waals surface area contributed by atoms with Crippen LogP contribution in [-0.4, -0.2) is 35.2 Å². The van der Waals surface area contributed by atoms with Crippen molar-refractivity contribution in [1.29, 1.82) is 0 Å². The van der Waals surface area contributed by atoms with Gasteiger partial charge in [0, 0.05) is 12.8 Å². The molecule has 0 radical (unpaired) electrons. The summed E-state index contributed by atoms with van der Waals surface area (Å²) in [5, 5.41) is 9.19. The third kappa shape index (κ3) is 5.85. The van der Waals surface area contributed by atoms with E-state index >= 15 is 0 Å². The Morgan fingerprint density at radius 2 is 1.68 bits per heavy atom. The van der Waals surface area contributed by atoms with Gasteiger partial charge in [-0.3, -0.25) is 14.4 Å². The number of hydrogen-bond donors (Lipinski definition) is 2. The molecule has 4 aliphatic rings. The molecule has 7 nitrogen and oxygen atoms in total. The molecule has 4 fully saturated rings. The Morgan fingerprint density at radius 1 is 0.973 bits per heavy atom. The number of fused-ring (bicyclic) bond motifs is 5. The standard InChI is InChI=1S/C29H46INO6/c1-17(4-10-25(32)33)21-7-8-22-20-6-5-18-16-19(36-27(35)24(31)9-11-26(34)37-30)12-14-28(18,2)23(20)13-15-29(21,22)3/h17-24H,4-16,31H2,1-3H3,(H,32,33)/t17-,18-,19+,20+,21?,22+,23+,24?,28+,29-/m1/s1. The molecule has 3 N–H and O–H groups in total. The van der Waals surface area contributed by atoms with Crippen molar-refractivity contribution in [2.45, 2.75) is 116 Å². The van der Waals surface area contributed by atoms with Crippen molar-refractivity contribution >= 4 is 40.9 Å². The number of carbonyl (C=O) groups is 3. The summed E-state index contributed by atoms with van der Waals surface area (Å²) in [7, 11) is 0. The van der Waals surface area contributed by atoms with E-state index in [-0.39, 0.29) is 31.3 Å². The minimum atomic E-state index is -0.788. The molecular formula is C29H46INO6. The lowest BCUT2D eigenvalue weighted by Gasteiger charge is -2.61. The van der Waals surface area contributed by atoms with Crippen LogP contribution in [0.3, 0.4) is 0 Å². The number of halogens is 1. The lowest BCUT2D eigenvalue weighted by Crippen LogP contribution is -2.54. The van der Waals surface area contributed by atoms with E-state index in [4.69, 9.17) is 10.5 Å². The maximum Gasteiger partial charge on any atom is 0.323 e. The molecule has 8 heteroatoms. The Labute approximate surface area is 236 Å². The van der Waals surface area contributed by atoms with Crippen molar-refractivity contribution in [2.24, 2.45) is 52.1 Å². The molecule has 37 heavy (non-hydrogen) atoms. The van der Waals surface area contributed by atoms with E-state index in [1.54, 1.807) is 23.0 Å². The van der Waals surface area contributed by atoms with Crippen LogP contribution in [0.15, 0.2) is 0 Å². The summed E-state index contributed by atoms with van der Waals surface area (Å²) in [5.74, 6) is 2.49. The first-order valence-corrected chi connectivity index (χ1v) is 15.4. The topological polar surface area (TPSA) is 116 Å².